The zero-order chi connectivity index (χ0) is 25.3. The molecule has 1 saturated heterocycles. The lowest BCUT2D eigenvalue weighted by Gasteiger charge is -2.26. The molecule has 0 radical (unpaired) electrons. The summed E-state index contributed by atoms with van der Waals surface area (Å²) in [5.41, 5.74) is 0.484. The van der Waals surface area contributed by atoms with E-state index in [1.54, 1.807) is 12.1 Å². The molecule has 8 nitrogen and oxygen atoms in total. The number of barbiturate groups is 1. The number of carbonyl (C=O) groups is 3. The Morgan fingerprint density at radius 3 is 2.34 bits per heavy atom. The summed E-state index contributed by atoms with van der Waals surface area (Å²) in [4.78, 5) is 38.0. The molecule has 35 heavy (non-hydrogen) atoms. The van der Waals surface area contributed by atoms with E-state index < -0.39 is 39.4 Å². The van der Waals surface area contributed by atoms with Gasteiger partial charge in [-0.25, -0.2) is 14.1 Å². The SMILES string of the molecule is Cc1ccc(S(=O)(=O)Oc2ccc(/C=C3/C(=O)NC(=O)N(c4ccccc4F)C3=O)cc2Br)cc1. The number of amides is 4. The minimum atomic E-state index is -4.10. The summed E-state index contributed by atoms with van der Waals surface area (Å²) < 4.78 is 44.8. The Bertz CT molecular complexity index is 1500. The topological polar surface area (TPSA) is 110 Å². The Hall–Kier alpha value is -3.83. The largest absolute Gasteiger partial charge is 0.378 e. The molecule has 0 spiro atoms. The summed E-state index contributed by atoms with van der Waals surface area (Å²) in [5.74, 6) is -2.80. The van der Waals surface area contributed by atoms with Crippen LogP contribution < -0.4 is 14.4 Å². The van der Waals surface area contributed by atoms with Crippen molar-refractivity contribution in [3.8, 4) is 5.75 Å². The molecule has 0 bridgehead atoms. The van der Waals surface area contributed by atoms with Crippen LogP contribution in [0.2, 0.25) is 0 Å². The molecule has 1 fully saturated rings. The van der Waals surface area contributed by atoms with Crippen LogP contribution in [0.25, 0.3) is 6.08 Å². The van der Waals surface area contributed by atoms with Gasteiger partial charge in [0.1, 0.15) is 16.3 Å². The Morgan fingerprint density at radius 1 is 1.00 bits per heavy atom. The molecule has 4 amide bonds. The van der Waals surface area contributed by atoms with Crippen LogP contribution in [0, 0.1) is 12.7 Å². The fourth-order valence-corrected chi connectivity index (χ4v) is 4.75. The number of anilines is 1. The molecule has 1 aliphatic heterocycles. The molecule has 178 valence electrons. The quantitative estimate of drug-likeness (QED) is 0.283. The molecular weight excluding hydrogens is 543 g/mol. The third kappa shape index (κ3) is 5.00. The zero-order valence-electron chi connectivity index (χ0n) is 18.0. The van der Waals surface area contributed by atoms with Crippen LogP contribution in [0.1, 0.15) is 11.1 Å². The van der Waals surface area contributed by atoms with E-state index in [0.29, 0.717) is 10.5 Å². The Kier molecular flexibility index (Phi) is 6.55. The number of imide groups is 2. The molecule has 3 aromatic carbocycles. The second-order valence-corrected chi connectivity index (χ2v) is 9.85. The fourth-order valence-electron chi connectivity index (χ4n) is 3.22. The van der Waals surface area contributed by atoms with E-state index in [1.165, 1.54) is 54.6 Å². The number of nitrogens with zero attached hydrogens (tertiary/aromatic N) is 1. The van der Waals surface area contributed by atoms with Gasteiger partial charge in [0.2, 0.25) is 0 Å². The van der Waals surface area contributed by atoms with Crippen molar-refractivity contribution in [2.45, 2.75) is 11.8 Å². The number of carbonyl (C=O) groups excluding carboxylic acids is 3. The van der Waals surface area contributed by atoms with Crippen molar-refractivity contribution in [1.29, 1.82) is 0 Å². The first-order valence-corrected chi connectivity index (χ1v) is 12.2. The molecule has 0 aliphatic carbocycles. The number of hydrogen-bond donors (Lipinski definition) is 1. The summed E-state index contributed by atoms with van der Waals surface area (Å²) in [6.07, 6.45) is 1.20. The molecule has 1 aliphatic rings. The predicted molar refractivity (Wildman–Crippen MR) is 129 cm³/mol. The summed E-state index contributed by atoms with van der Waals surface area (Å²) >= 11 is 3.23. The van der Waals surface area contributed by atoms with Crippen LogP contribution in [0.3, 0.4) is 0 Å². The maximum absolute atomic E-state index is 14.2. The van der Waals surface area contributed by atoms with Gasteiger partial charge >= 0.3 is 16.1 Å². The van der Waals surface area contributed by atoms with E-state index >= 15 is 0 Å². The number of nitrogens with one attached hydrogen (secondary N) is 1. The second-order valence-electron chi connectivity index (χ2n) is 7.45. The first-order chi connectivity index (χ1) is 16.6. The van der Waals surface area contributed by atoms with E-state index in [2.05, 4.69) is 15.9 Å². The highest BCUT2D eigenvalue weighted by atomic mass is 79.9. The zero-order valence-corrected chi connectivity index (χ0v) is 20.4. The lowest BCUT2D eigenvalue weighted by molar-refractivity contribution is -0.122. The van der Waals surface area contributed by atoms with Gasteiger partial charge in [0.25, 0.3) is 11.8 Å². The van der Waals surface area contributed by atoms with Gasteiger partial charge in [-0.05, 0) is 70.9 Å². The minimum Gasteiger partial charge on any atom is -0.378 e. The molecule has 0 atom stereocenters. The van der Waals surface area contributed by atoms with Crippen molar-refractivity contribution in [2.75, 3.05) is 4.90 Å². The number of rotatable bonds is 5. The number of aryl methyl sites for hydroxylation is 1. The van der Waals surface area contributed by atoms with Crippen molar-refractivity contribution in [3.63, 3.8) is 0 Å². The van der Waals surface area contributed by atoms with Crippen molar-refractivity contribution < 1.29 is 31.4 Å². The van der Waals surface area contributed by atoms with Gasteiger partial charge in [0, 0.05) is 0 Å². The third-order valence-electron chi connectivity index (χ3n) is 4.97. The molecule has 4 rings (SSSR count). The van der Waals surface area contributed by atoms with E-state index in [-0.39, 0.29) is 20.8 Å². The second kappa shape index (κ2) is 9.43. The Labute approximate surface area is 208 Å². The lowest BCUT2D eigenvalue weighted by Crippen LogP contribution is -2.54. The average Bonchev–Trinajstić information content (AvgIpc) is 2.80. The highest BCUT2D eigenvalue weighted by molar-refractivity contribution is 9.10. The number of halogens is 2. The van der Waals surface area contributed by atoms with Gasteiger partial charge in [-0.15, -0.1) is 0 Å². The Balaban J connectivity index is 1.63. The van der Waals surface area contributed by atoms with Crippen LogP contribution in [0.5, 0.6) is 5.75 Å². The molecular formula is C24H16BrFN2O6S. The number of hydrogen-bond acceptors (Lipinski definition) is 6. The summed E-state index contributed by atoms with van der Waals surface area (Å²) in [6.45, 7) is 1.82. The predicted octanol–water partition coefficient (Wildman–Crippen LogP) is 4.33. The fraction of sp³-hybridized carbons (Fsp3) is 0.0417. The maximum atomic E-state index is 14.2. The van der Waals surface area contributed by atoms with Crippen LogP contribution in [0.15, 0.2) is 81.7 Å². The van der Waals surface area contributed by atoms with Crippen LogP contribution in [-0.2, 0) is 19.7 Å². The highest BCUT2D eigenvalue weighted by Gasteiger charge is 2.38. The highest BCUT2D eigenvalue weighted by Crippen LogP contribution is 2.31. The Morgan fingerprint density at radius 2 is 1.69 bits per heavy atom. The normalized spacial score (nSPS) is 15.3. The van der Waals surface area contributed by atoms with Crippen molar-refractivity contribution in [2.24, 2.45) is 0 Å². The van der Waals surface area contributed by atoms with Gasteiger partial charge in [0.15, 0.2) is 5.75 Å². The molecule has 3 aromatic rings. The first kappa shape index (κ1) is 24.3. The van der Waals surface area contributed by atoms with E-state index in [1.807, 2.05) is 12.2 Å². The summed E-state index contributed by atoms with van der Waals surface area (Å²) in [7, 11) is -4.10. The molecule has 1 heterocycles. The molecule has 0 unspecified atom stereocenters. The number of benzene rings is 3. The van der Waals surface area contributed by atoms with Gasteiger partial charge in [-0.2, -0.15) is 8.42 Å². The van der Waals surface area contributed by atoms with Crippen molar-refractivity contribution in [3.05, 3.63) is 93.7 Å². The lowest BCUT2D eigenvalue weighted by atomic mass is 10.1. The third-order valence-corrected chi connectivity index (χ3v) is 6.84. The van der Waals surface area contributed by atoms with Crippen LogP contribution in [-0.4, -0.2) is 26.3 Å². The summed E-state index contributed by atoms with van der Waals surface area (Å²) in [5, 5.41) is 2.01. The summed E-state index contributed by atoms with van der Waals surface area (Å²) in [6, 6.07) is 14.4. The standard InChI is InChI=1S/C24H16BrFN2O6S/c1-14-6-9-16(10-7-14)35(32,33)34-21-11-8-15(13-18(21)25)12-17-22(29)27-24(31)28(23(17)30)20-5-3-2-4-19(20)26/h2-13H,1H3,(H,27,29,31)/b17-12-. The van der Waals surface area contributed by atoms with Crippen molar-refractivity contribution in [1.82, 2.24) is 5.32 Å². The van der Waals surface area contributed by atoms with Gasteiger partial charge in [-0.1, -0.05) is 35.9 Å². The van der Waals surface area contributed by atoms with E-state index in [4.69, 9.17) is 4.18 Å². The molecule has 0 saturated carbocycles. The first-order valence-electron chi connectivity index (χ1n) is 10.0. The smallest absolute Gasteiger partial charge is 0.339 e. The average molecular weight is 559 g/mol. The monoisotopic (exact) mass is 558 g/mol. The molecule has 11 heteroatoms. The maximum Gasteiger partial charge on any atom is 0.339 e. The van der Waals surface area contributed by atoms with Gasteiger partial charge in [0.05, 0.1) is 10.2 Å². The van der Waals surface area contributed by atoms with E-state index in [0.717, 1.165) is 11.6 Å². The van der Waals surface area contributed by atoms with Crippen LogP contribution in [0.4, 0.5) is 14.9 Å². The molecule has 1 N–H and O–H groups in total. The van der Waals surface area contributed by atoms with E-state index in [9.17, 15) is 27.2 Å². The number of urea groups is 1. The minimum absolute atomic E-state index is 0.0182. The van der Waals surface area contributed by atoms with Crippen molar-refractivity contribution >= 4 is 55.7 Å². The van der Waals surface area contributed by atoms with Gasteiger partial charge < -0.3 is 4.18 Å². The number of para-hydroxylation sites is 1. The van der Waals surface area contributed by atoms with Crippen LogP contribution >= 0.6 is 15.9 Å². The van der Waals surface area contributed by atoms with Gasteiger partial charge in [-0.3, -0.25) is 14.9 Å². The molecule has 0 aromatic heterocycles.